The van der Waals surface area contributed by atoms with E-state index in [4.69, 9.17) is 4.74 Å². The van der Waals surface area contributed by atoms with Crippen molar-refractivity contribution in [1.29, 1.82) is 0 Å². The van der Waals surface area contributed by atoms with E-state index in [1.54, 1.807) is 6.07 Å². The molecule has 24 heavy (non-hydrogen) atoms. The molecule has 0 radical (unpaired) electrons. The van der Waals surface area contributed by atoms with Gasteiger partial charge in [-0.25, -0.2) is 0 Å². The molecule has 1 amide bonds. The number of ether oxygens (including phenoxy) is 1. The second-order valence-electron chi connectivity index (χ2n) is 5.23. The fourth-order valence-electron chi connectivity index (χ4n) is 2.51. The van der Waals surface area contributed by atoms with Gasteiger partial charge in [-0.3, -0.25) is 9.59 Å². The number of halogens is 3. The van der Waals surface area contributed by atoms with Crippen LogP contribution in [0.3, 0.4) is 0 Å². The number of hydrogen-bond acceptors (Lipinski definition) is 3. The molecule has 4 nitrogen and oxygen atoms in total. The van der Waals surface area contributed by atoms with Crippen molar-refractivity contribution >= 4 is 65.2 Å². The van der Waals surface area contributed by atoms with Gasteiger partial charge in [0.15, 0.2) is 0 Å². The number of ketones is 1. The van der Waals surface area contributed by atoms with Gasteiger partial charge in [-0.2, -0.15) is 0 Å². The van der Waals surface area contributed by atoms with Crippen LogP contribution in [0.5, 0.6) is 5.75 Å². The normalized spacial score (nSPS) is 13.4. The fourth-order valence-corrected chi connectivity index (χ4v) is 4.21. The Morgan fingerprint density at radius 3 is 2.38 bits per heavy atom. The van der Waals surface area contributed by atoms with Crippen LogP contribution in [0.1, 0.15) is 16.8 Å². The van der Waals surface area contributed by atoms with Crippen LogP contribution in [0, 0.1) is 0 Å². The lowest BCUT2D eigenvalue weighted by atomic mass is 10.1. The van der Waals surface area contributed by atoms with Crippen molar-refractivity contribution in [3.8, 4) is 5.75 Å². The molecule has 0 saturated carbocycles. The molecule has 2 aromatic carbocycles. The second kappa shape index (κ2) is 7.37. The van der Waals surface area contributed by atoms with Crippen LogP contribution < -0.4 is 9.64 Å². The Bertz CT molecular complexity index is 805. The second-order valence-corrected chi connectivity index (χ2v) is 7.91. The smallest absolute Gasteiger partial charge is 0.299 e. The largest absolute Gasteiger partial charge is 0.494 e. The van der Waals surface area contributed by atoms with Crippen LogP contribution in [0.15, 0.2) is 49.8 Å². The van der Waals surface area contributed by atoms with E-state index in [1.165, 1.54) is 4.90 Å². The average Bonchev–Trinajstić information content (AvgIpc) is 2.78. The van der Waals surface area contributed by atoms with Crippen LogP contribution in [-0.4, -0.2) is 24.8 Å². The molecule has 0 bridgehead atoms. The maximum Gasteiger partial charge on any atom is 0.299 e. The lowest BCUT2D eigenvalue weighted by Gasteiger charge is -2.18. The summed E-state index contributed by atoms with van der Waals surface area (Å²) in [4.78, 5) is 25.9. The maximum atomic E-state index is 12.2. The van der Waals surface area contributed by atoms with Gasteiger partial charge in [0.1, 0.15) is 5.75 Å². The highest BCUT2D eigenvalue weighted by Crippen LogP contribution is 2.38. The van der Waals surface area contributed by atoms with E-state index in [-0.39, 0.29) is 0 Å². The summed E-state index contributed by atoms with van der Waals surface area (Å²) in [5.74, 6) is -0.194. The standard InChI is InChI=1S/C17H12Br3NO3/c18-10-2-4-12(5-3-10)24-7-1-6-21-15-13(16(22)17(21)23)8-11(19)9-14(15)20/h2-5,8-9H,1,6-7H2. The molecule has 7 heteroatoms. The van der Waals surface area contributed by atoms with Crippen LogP contribution in [0.4, 0.5) is 5.69 Å². The molecule has 1 aliphatic heterocycles. The van der Waals surface area contributed by atoms with Crippen molar-refractivity contribution in [2.24, 2.45) is 0 Å². The Labute approximate surface area is 164 Å². The first kappa shape index (κ1) is 17.6. The monoisotopic (exact) mass is 515 g/mol. The Morgan fingerprint density at radius 1 is 0.958 bits per heavy atom. The Kier molecular flexibility index (Phi) is 5.42. The number of nitrogens with zero attached hydrogens (tertiary/aromatic N) is 1. The summed E-state index contributed by atoms with van der Waals surface area (Å²) in [5, 5.41) is 0. The van der Waals surface area contributed by atoms with Crippen LogP contribution in [0.2, 0.25) is 0 Å². The van der Waals surface area contributed by atoms with Gasteiger partial charge in [0.25, 0.3) is 11.7 Å². The lowest BCUT2D eigenvalue weighted by molar-refractivity contribution is -0.114. The number of amides is 1. The van der Waals surface area contributed by atoms with Crippen LogP contribution >= 0.6 is 47.8 Å². The third-order valence-corrected chi connectivity index (χ3v) is 5.18. The van der Waals surface area contributed by atoms with Crippen molar-refractivity contribution in [3.05, 3.63) is 55.4 Å². The Morgan fingerprint density at radius 2 is 1.67 bits per heavy atom. The number of rotatable bonds is 5. The summed E-state index contributed by atoms with van der Waals surface area (Å²) in [6.07, 6.45) is 0.622. The SMILES string of the molecule is O=C1C(=O)N(CCCOc2ccc(Br)cc2)c2c(Br)cc(Br)cc21. The predicted octanol–water partition coefficient (Wildman–Crippen LogP) is 4.97. The fraction of sp³-hybridized carbons (Fsp3) is 0.176. The molecule has 2 aromatic rings. The molecule has 1 aliphatic rings. The topological polar surface area (TPSA) is 46.6 Å². The molecule has 0 saturated heterocycles. The van der Waals surface area contributed by atoms with Crippen LogP contribution in [-0.2, 0) is 4.79 Å². The van der Waals surface area contributed by atoms with E-state index in [2.05, 4.69) is 47.8 Å². The molecular formula is C17H12Br3NO3. The average molecular weight is 518 g/mol. The Hall–Kier alpha value is -1.18. The van der Waals surface area contributed by atoms with Crippen molar-refractivity contribution < 1.29 is 14.3 Å². The zero-order valence-corrected chi connectivity index (χ0v) is 17.1. The molecule has 0 N–H and O–H groups in total. The van der Waals surface area contributed by atoms with E-state index in [0.717, 1.165) is 19.2 Å². The first-order valence-corrected chi connectivity index (χ1v) is 9.59. The lowest BCUT2D eigenvalue weighted by Crippen LogP contribution is -2.31. The molecule has 0 unspecified atom stereocenters. The number of Topliss-reactive ketones (excluding diaryl/α,β-unsaturated/α-hetero) is 1. The van der Waals surface area contributed by atoms with Gasteiger partial charge in [-0.15, -0.1) is 0 Å². The minimum Gasteiger partial charge on any atom is -0.494 e. The van der Waals surface area contributed by atoms with Crippen molar-refractivity contribution in [2.45, 2.75) is 6.42 Å². The zero-order chi connectivity index (χ0) is 17.3. The van der Waals surface area contributed by atoms with E-state index >= 15 is 0 Å². The molecule has 124 valence electrons. The van der Waals surface area contributed by atoms with Gasteiger partial charge < -0.3 is 9.64 Å². The molecule has 0 atom stereocenters. The molecule has 0 aromatic heterocycles. The van der Waals surface area contributed by atoms with E-state index in [1.807, 2.05) is 30.3 Å². The van der Waals surface area contributed by atoms with Crippen molar-refractivity contribution in [1.82, 2.24) is 0 Å². The number of hydrogen-bond donors (Lipinski definition) is 0. The van der Waals surface area contributed by atoms with E-state index < -0.39 is 11.7 Å². The minimum absolute atomic E-state index is 0.425. The number of carbonyl (C=O) groups excluding carboxylic acids is 2. The summed E-state index contributed by atoms with van der Waals surface area (Å²) in [7, 11) is 0. The van der Waals surface area contributed by atoms with Crippen molar-refractivity contribution in [3.63, 3.8) is 0 Å². The van der Waals surface area contributed by atoms with E-state index in [0.29, 0.717) is 30.8 Å². The van der Waals surface area contributed by atoms with Gasteiger partial charge in [-0.05, 0) is 58.7 Å². The summed E-state index contributed by atoms with van der Waals surface area (Å²) in [6, 6.07) is 11.1. The van der Waals surface area contributed by atoms with Gasteiger partial charge in [0, 0.05) is 20.0 Å². The van der Waals surface area contributed by atoms with Crippen LogP contribution in [0.25, 0.3) is 0 Å². The molecular weight excluding hydrogens is 506 g/mol. The highest BCUT2D eigenvalue weighted by atomic mass is 79.9. The summed E-state index contributed by atoms with van der Waals surface area (Å²) < 4.78 is 8.13. The minimum atomic E-state index is -0.493. The summed E-state index contributed by atoms with van der Waals surface area (Å²) >= 11 is 10.1. The summed E-state index contributed by atoms with van der Waals surface area (Å²) in [6.45, 7) is 0.886. The first-order valence-electron chi connectivity index (χ1n) is 7.21. The van der Waals surface area contributed by atoms with Crippen molar-refractivity contribution in [2.75, 3.05) is 18.1 Å². The molecule has 1 heterocycles. The van der Waals surface area contributed by atoms with Gasteiger partial charge >= 0.3 is 0 Å². The van der Waals surface area contributed by atoms with Gasteiger partial charge in [0.2, 0.25) is 0 Å². The molecule has 0 aliphatic carbocycles. The number of carbonyl (C=O) groups is 2. The first-order chi connectivity index (χ1) is 11.5. The highest BCUT2D eigenvalue weighted by Gasteiger charge is 2.37. The highest BCUT2D eigenvalue weighted by molar-refractivity contribution is 9.11. The predicted molar refractivity (Wildman–Crippen MR) is 103 cm³/mol. The molecule has 0 spiro atoms. The third kappa shape index (κ3) is 3.58. The number of anilines is 1. The Balaban J connectivity index is 1.65. The van der Waals surface area contributed by atoms with E-state index in [9.17, 15) is 9.59 Å². The number of fused-ring (bicyclic) bond motifs is 1. The third-order valence-electron chi connectivity index (χ3n) is 3.59. The van der Waals surface area contributed by atoms with Gasteiger partial charge in [0.05, 0.1) is 17.9 Å². The quantitative estimate of drug-likeness (QED) is 0.415. The van der Waals surface area contributed by atoms with Gasteiger partial charge in [-0.1, -0.05) is 31.9 Å². The maximum absolute atomic E-state index is 12.2. The summed E-state index contributed by atoms with van der Waals surface area (Å²) in [5.41, 5.74) is 1.06. The zero-order valence-electron chi connectivity index (χ0n) is 12.4. The number of benzene rings is 2. The molecule has 0 fully saturated rings. The molecule has 3 rings (SSSR count).